The fourth-order valence-electron chi connectivity index (χ4n) is 2.68. The molecular weight excluding hydrogens is 257 g/mol. The van der Waals surface area contributed by atoms with E-state index in [1.165, 1.54) is 11.6 Å². The van der Waals surface area contributed by atoms with Crippen molar-refractivity contribution < 1.29 is 9.13 Å². The molecule has 1 heterocycles. The number of methoxy groups -OCH3 is 1. The van der Waals surface area contributed by atoms with Gasteiger partial charge in [-0.25, -0.2) is 4.39 Å². The second-order valence-corrected chi connectivity index (χ2v) is 5.06. The van der Waals surface area contributed by atoms with E-state index in [1.54, 1.807) is 13.2 Å². The van der Waals surface area contributed by atoms with Crippen LogP contribution in [0.1, 0.15) is 23.6 Å². The summed E-state index contributed by atoms with van der Waals surface area (Å²) < 4.78 is 20.1. The van der Waals surface area contributed by atoms with E-state index in [9.17, 15) is 4.39 Å². The van der Waals surface area contributed by atoms with E-state index in [0.717, 1.165) is 30.6 Å². The van der Waals surface area contributed by atoms with Crippen LogP contribution in [0.25, 0.3) is 0 Å². The first-order valence-electron chi connectivity index (χ1n) is 6.82. The van der Waals surface area contributed by atoms with Crippen LogP contribution in [0, 0.1) is 5.82 Å². The lowest BCUT2D eigenvalue weighted by molar-refractivity contribution is 0.183. The van der Waals surface area contributed by atoms with Gasteiger partial charge in [0, 0.05) is 13.3 Å². The molecule has 1 aliphatic rings. The zero-order valence-corrected chi connectivity index (χ0v) is 11.5. The van der Waals surface area contributed by atoms with E-state index in [0.29, 0.717) is 6.61 Å². The minimum Gasteiger partial charge on any atom is -0.383 e. The number of nitrogens with one attached hydrogen (secondary N) is 1. The Morgan fingerprint density at radius 1 is 1.50 bits per heavy atom. The predicted octanol–water partition coefficient (Wildman–Crippen LogP) is 2.77. The molecule has 0 saturated heterocycles. The molecule has 2 aromatic rings. The normalized spacial score (nSPS) is 17.2. The molecule has 1 aliphatic carbocycles. The fraction of sp³-hybridized carbons (Fsp3) is 0.400. The zero-order chi connectivity index (χ0) is 13.9. The van der Waals surface area contributed by atoms with Gasteiger partial charge < -0.3 is 10.1 Å². The average molecular weight is 275 g/mol. The van der Waals surface area contributed by atoms with Crippen LogP contribution >= 0.6 is 0 Å². The second-order valence-electron chi connectivity index (χ2n) is 5.06. The molecule has 1 unspecified atom stereocenters. The largest absolute Gasteiger partial charge is 0.383 e. The third-order valence-corrected chi connectivity index (χ3v) is 3.68. The van der Waals surface area contributed by atoms with Crippen molar-refractivity contribution in [1.29, 1.82) is 0 Å². The van der Waals surface area contributed by atoms with Gasteiger partial charge in [-0.2, -0.15) is 5.10 Å². The Kier molecular flexibility index (Phi) is 3.69. The minimum absolute atomic E-state index is 0.156. The summed E-state index contributed by atoms with van der Waals surface area (Å²) in [6, 6.07) is 5.29. The maximum atomic E-state index is 13.2. The van der Waals surface area contributed by atoms with Crippen LogP contribution in [0.15, 0.2) is 30.6 Å². The van der Waals surface area contributed by atoms with Crippen LogP contribution in [0.2, 0.25) is 0 Å². The molecular formula is C15H18FN3O. The van der Waals surface area contributed by atoms with Gasteiger partial charge in [0.15, 0.2) is 0 Å². The lowest BCUT2D eigenvalue weighted by atomic mass is 10.1. The minimum atomic E-state index is -0.156. The third kappa shape index (κ3) is 2.67. The molecule has 0 spiro atoms. The number of hydrogen-bond donors (Lipinski definition) is 1. The number of aromatic nitrogens is 2. The van der Waals surface area contributed by atoms with Gasteiger partial charge >= 0.3 is 0 Å². The number of aryl methyl sites for hydroxylation is 1. The number of rotatable bonds is 5. The van der Waals surface area contributed by atoms with Crippen molar-refractivity contribution in [3.05, 3.63) is 47.5 Å². The Morgan fingerprint density at radius 3 is 3.25 bits per heavy atom. The molecule has 1 aromatic carbocycles. The SMILES string of the molecule is COCCn1cc(NC2CCc3cc(F)ccc32)cn1. The summed E-state index contributed by atoms with van der Waals surface area (Å²) in [5.41, 5.74) is 3.29. The molecule has 20 heavy (non-hydrogen) atoms. The number of anilines is 1. The van der Waals surface area contributed by atoms with Crippen molar-refractivity contribution >= 4 is 5.69 Å². The van der Waals surface area contributed by atoms with Gasteiger partial charge in [-0.1, -0.05) is 6.07 Å². The molecule has 0 fully saturated rings. The average Bonchev–Trinajstić information content (AvgIpc) is 3.04. The summed E-state index contributed by atoms with van der Waals surface area (Å²) in [5, 5.41) is 7.75. The first-order chi connectivity index (χ1) is 9.76. The summed E-state index contributed by atoms with van der Waals surface area (Å²) in [4.78, 5) is 0. The van der Waals surface area contributed by atoms with E-state index in [2.05, 4.69) is 10.4 Å². The molecule has 1 N–H and O–H groups in total. The Morgan fingerprint density at radius 2 is 2.40 bits per heavy atom. The van der Waals surface area contributed by atoms with Crippen LogP contribution in [0.4, 0.5) is 10.1 Å². The number of halogens is 1. The molecule has 0 bridgehead atoms. The molecule has 0 amide bonds. The molecule has 5 heteroatoms. The quantitative estimate of drug-likeness (QED) is 0.912. The molecule has 0 radical (unpaired) electrons. The van der Waals surface area contributed by atoms with Crippen molar-refractivity contribution in [3.63, 3.8) is 0 Å². The highest BCUT2D eigenvalue weighted by atomic mass is 19.1. The van der Waals surface area contributed by atoms with Crippen molar-refractivity contribution in [3.8, 4) is 0 Å². The van der Waals surface area contributed by atoms with Crippen molar-refractivity contribution in [2.24, 2.45) is 0 Å². The van der Waals surface area contributed by atoms with Gasteiger partial charge in [-0.15, -0.1) is 0 Å². The van der Waals surface area contributed by atoms with Gasteiger partial charge in [-0.05, 0) is 36.1 Å². The number of benzene rings is 1. The van der Waals surface area contributed by atoms with Gasteiger partial charge in [0.25, 0.3) is 0 Å². The number of hydrogen-bond acceptors (Lipinski definition) is 3. The highest BCUT2D eigenvalue weighted by molar-refractivity contribution is 5.45. The standard InChI is InChI=1S/C15H18FN3O/c1-20-7-6-19-10-13(9-17-19)18-15-5-2-11-8-12(16)3-4-14(11)15/h3-4,8-10,15,18H,2,5-7H2,1H3. The molecule has 1 atom stereocenters. The Labute approximate surface area is 117 Å². The topological polar surface area (TPSA) is 39.1 Å². The van der Waals surface area contributed by atoms with Crippen molar-refractivity contribution in [1.82, 2.24) is 9.78 Å². The Balaban J connectivity index is 1.69. The summed E-state index contributed by atoms with van der Waals surface area (Å²) in [6.45, 7) is 1.39. The molecule has 4 nitrogen and oxygen atoms in total. The van der Waals surface area contributed by atoms with E-state index in [-0.39, 0.29) is 11.9 Å². The lowest BCUT2D eigenvalue weighted by Crippen LogP contribution is -2.07. The molecule has 106 valence electrons. The summed E-state index contributed by atoms with van der Waals surface area (Å²) in [5.74, 6) is -0.156. The highest BCUT2D eigenvalue weighted by Crippen LogP contribution is 2.34. The maximum Gasteiger partial charge on any atom is 0.123 e. The Bertz CT molecular complexity index is 597. The number of ether oxygens (including phenoxy) is 1. The highest BCUT2D eigenvalue weighted by Gasteiger charge is 2.22. The number of nitrogens with zero attached hydrogens (tertiary/aromatic N) is 2. The van der Waals surface area contributed by atoms with Crippen LogP contribution in [0.3, 0.4) is 0 Å². The monoisotopic (exact) mass is 275 g/mol. The molecule has 0 aliphatic heterocycles. The first kappa shape index (κ1) is 13.1. The summed E-state index contributed by atoms with van der Waals surface area (Å²) in [7, 11) is 1.68. The predicted molar refractivity (Wildman–Crippen MR) is 75.2 cm³/mol. The molecule has 1 aromatic heterocycles. The summed E-state index contributed by atoms with van der Waals surface area (Å²) >= 11 is 0. The zero-order valence-electron chi connectivity index (χ0n) is 11.5. The van der Waals surface area contributed by atoms with E-state index >= 15 is 0 Å². The van der Waals surface area contributed by atoms with E-state index < -0.39 is 0 Å². The molecule has 3 rings (SSSR count). The second kappa shape index (κ2) is 5.63. The van der Waals surface area contributed by atoms with Gasteiger partial charge in [0.2, 0.25) is 0 Å². The van der Waals surface area contributed by atoms with Crippen LogP contribution in [-0.2, 0) is 17.7 Å². The van der Waals surface area contributed by atoms with E-state index in [1.807, 2.05) is 23.1 Å². The lowest BCUT2D eigenvalue weighted by Gasteiger charge is -2.13. The fourth-order valence-corrected chi connectivity index (χ4v) is 2.68. The summed E-state index contributed by atoms with van der Waals surface area (Å²) in [6.07, 6.45) is 5.70. The van der Waals surface area contributed by atoms with Crippen LogP contribution in [-0.4, -0.2) is 23.5 Å². The maximum absolute atomic E-state index is 13.2. The number of fused-ring (bicyclic) bond motifs is 1. The van der Waals surface area contributed by atoms with Crippen LogP contribution in [0.5, 0.6) is 0 Å². The molecule has 0 saturated carbocycles. The van der Waals surface area contributed by atoms with Gasteiger partial charge in [0.1, 0.15) is 5.82 Å². The van der Waals surface area contributed by atoms with Gasteiger partial charge in [-0.3, -0.25) is 4.68 Å². The van der Waals surface area contributed by atoms with Crippen molar-refractivity contribution in [2.75, 3.05) is 19.0 Å². The van der Waals surface area contributed by atoms with E-state index in [4.69, 9.17) is 4.74 Å². The smallest absolute Gasteiger partial charge is 0.123 e. The first-order valence-corrected chi connectivity index (χ1v) is 6.82. The van der Waals surface area contributed by atoms with Crippen molar-refractivity contribution in [2.45, 2.75) is 25.4 Å². The van der Waals surface area contributed by atoms with Crippen LogP contribution < -0.4 is 5.32 Å². The Hall–Kier alpha value is -1.88. The van der Waals surface area contributed by atoms with Gasteiger partial charge in [0.05, 0.1) is 31.1 Å². The third-order valence-electron chi connectivity index (χ3n) is 3.68.